The summed E-state index contributed by atoms with van der Waals surface area (Å²) in [4.78, 5) is 73.4. The van der Waals surface area contributed by atoms with Gasteiger partial charge in [0, 0.05) is 41.3 Å². The summed E-state index contributed by atoms with van der Waals surface area (Å²) in [5.74, 6) is -3.98. The first kappa shape index (κ1) is 37.3. The van der Waals surface area contributed by atoms with Crippen LogP contribution in [0.5, 0.6) is 5.75 Å². The predicted molar refractivity (Wildman–Crippen MR) is 174 cm³/mol. The highest BCUT2D eigenvalue weighted by Crippen LogP contribution is 2.34. The highest BCUT2D eigenvalue weighted by Gasteiger charge is 2.38. The first-order valence-corrected chi connectivity index (χ1v) is 16.4. The molecule has 1 aliphatic carbocycles. The zero-order valence-corrected chi connectivity index (χ0v) is 28.3. The van der Waals surface area contributed by atoms with Gasteiger partial charge < -0.3 is 19.8 Å². The van der Waals surface area contributed by atoms with Gasteiger partial charge in [0.15, 0.2) is 18.2 Å². The van der Waals surface area contributed by atoms with Gasteiger partial charge in [0.2, 0.25) is 5.91 Å². The van der Waals surface area contributed by atoms with Gasteiger partial charge >= 0.3 is 12.1 Å². The number of pyridine rings is 1. The number of nitrogens with one attached hydrogen (secondary N) is 2. The Morgan fingerprint density at radius 2 is 1.84 bits per heavy atom. The molecule has 3 aromatic rings. The SMILES string of the molecule is COc1cccc2[nH]c(C(=O)C[C@@H](CC(C)C)C(=O)N[C@@H](C[C@@H]3CCCCC3=O)C(=O)COC(=O)c3c(C(F)(F)F)cc(C)nc3C)cc12. The smallest absolute Gasteiger partial charge is 0.417 e. The number of H-pyrrole nitrogens is 1. The normalized spacial score (nSPS) is 16.3. The van der Waals surface area contributed by atoms with E-state index in [4.69, 9.17) is 9.47 Å². The van der Waals surface area contributed by atoms with E-state index in [0.29, 0.717) is 42.3 Å². The number of benzene rings is 1. The van der Waals surface area contributed by atoms with Crippen molar-refractivity contribution in [3.8, 4) is 5.75 Å². The highest BCUT2D eigenvalue weighted by atomic mass is 19.4. The molecule has 0 saturated heterocycles. The number of amides is 1. The first-order chi connectivity index (χ1) is 23.1. The summed E-state index contributed by atoms with van der Waals surface area (Å²) >= 11 is 0. The van der Waals surface area contributed by atoms with Gasteiger partial charge in [-0.05, 0) is 69.7 Å². The lowest BCUT2D eigenvalue weighted by molar-refractivity contribution is -0.138. The van der Waals surface area contributed by atoms with Crippen molar-refractivity contribution in [1.29, 1.82) is 0 Å². The Hall–Kier alpha value is -4.55. The maximum absolute atomic E-state index is 13.8. The molecule has 2 N–H and O–H groups in total. The minimum absolute atomic E-state index is 0.00410. The molecule has 13 heteroatoms. The molecule has 0 unspecified atom stereocenters. The van der Waals surface area contributed by atoms with Crippen molar-refractivity contribution >= 4 is 40.1 Å². The number of hydrogen-bond acceptors (Lipinski definition) is 8. The zero-order chi connectivity index (χ0) is 36.0. The standard InChI is InChI=1S/C36H42F3N3O7/c1-19(2)13-23(16-30(44)28-17-24-26(41-28)10-8-12-32(24)48-5)34(46)42-27(15-22-9-6-7-11-29(22)43)31(45)18-49-35(47)33-21(4)40-20(3)14-25(33)36(37,38)39/h8,10,12,14,17,19,22-23,27,41H,6-7,9,11,13,15-16,18H2,1-5H3,(H,42,46)/t22-,23+,27-/m0/s1. The van der Waals surface area contributed by atoms with Gasteiger partial charge in [-0.3, -0.25) is 24.2 Å². The third kappa shape index (κ3) is 9.33. The van der Waals surface area contributed by atoms with E-state index in [1.807, 2.05) is 13.8 Å². The summed E-state index contributed by atoms with van der Waals surface area (Å²) in [5.41, 5.74) is -1.23. The third-order valence-corrected chi connectivity index (χ3v) is 8.79. The summed E-state index contributed by atoms with van der Waals surface area (Å²) in [6, 6.07) is 6.44. The summed E-state index contributed by atoms with van der Waals surface area (Å²) in [5, 5.41) is 3.41. The number of methoxy groups -OCH3 is 1. The molecule has 49 heavy (non-hydrogen) atoms. The number of esters is 1. The van der Waals surface area contributed by atoms with Crippen LogP contribution >= 0.6 is 0 Å². The molecule has 1 aromatic carbocycles. The maximum atomic E-state index is 13.8. The Labute approximate surface area is 282 Å². The maximum Gasteiger partial charge on any atom is 0.417 e. The Balaban J connectivity index is 1.54. The molecule has 2 heterocycles. The number of aromatic amines is 1. The quantitative estimate of drug-likeness (QED) is 0.145. The van der Waals surface area contributed by atoms with E-state index in [9.17, 15) is 37.1 Å². The summed E-state index contributed by atoms with van der Waals surface area (Å²) < 4.78 is 51.8. The zero-order valence-electron chi connectivity index (χ0n) is 28.3. The van der Waals surface area contributed by atoms with Gasteiger partial charge in [0.25, 0.3) is 0 Å². The number of fused-ring (bicyclic) bond motifs is 1. The molecule has 10 nitrogen and oxygen atoms in total. The largest absolute Gasteiger partial charge is 0.496 e. The second kappa shape index (κ2) is 15.8. The lowest BCUT2D eigenvalue weighted by atomic mass is 9.82. The monoisotopic (exact) mass is 685 g/mol. The molecule has 3 atom stereocenters. The average Bonchev–Trinajstić information content (AvgIpc) is 3.48. The van der Waals surface area contributed by atoms with Crippen molar-refractivity contribution < 1.29 is 46.6 Å². The van der Waals surface area contributed by atoms with Crippen molar-refractivity contribution in [2.24, 2.45) is 17.8 Å². The predicted octanol–water partition coefficient (Wildman–Crippen LogP) is 6.50. The number of Topliss-reactive ketones (excluding diaryl/α,β-unsaturated/α-hetero) is 3. The van der Waals surface area contributed by atoms with Gasteiger partial charge in [-0.25, -0.2) is 4.79 Å². The lowest BCUT2D eigenvalue weighted by Gasteiger charge is -2.27. The lowest BCUT2D eigenvalue weighted by Crippen LogP contribution is -2.47. The van der Waals surface area contributed by atoms with E-state index in [2.05, 4.69) is 15.3 Å². The number of carbonyl (C=O) groups is 5. The molecule has 4 rings (SSSR count). The number of carbonyl (C=O) groups excluding carboxylic acids is 5. The number of ketones is 3. The molecule has 0 spiro atoms. The molecule has 1 aliphatic rings. The van der Waals surface area contributed by atoms with Crippen LogP contribution in [-0.2, 0) is 25.3 Å². The van der Waals surface area contributed by atoms with Crippen LogP contribution in [0.3, 0.4) is 0 Å². The number of aryl methyl sites for hydroxylation is 2. The van der Waals surface area contributed by atoms with E-state index < -0.39 is 59.4 Å². The van der Waals surface area contributed by atoms with E-state index >= 15 is 0 Å². The Kier molecular flexibility index (Phi) is 12.0. The number of alkyl halides is 3. The number of hydrogen-bond donors (Lipinski definition) is 2. The van der Waals surface area contributed by atoms with Crippen LogP contribution < -0.4 is 10.1 Å². The first-order valence-electron chi connectivity index (χ1n) is 16.4. The fourth-order valence-corrected chi connectivity index (χ4v) is 6.41. The number of rotatable bonds is 14. The van der Waals surface area contributed by atoms with E-state index in [0.717, 1.165) is 12.5 Å². The van der Waals surface area contributed by atoms with Crippen LogP contribution in [-0.4, -0.2) is 59.0 Å². The molecule has 264 valence electrons. The second-order valence-electron chi connectivity index (χ2n) is 13.1. The van der Waals surface area contributed by atoms with Crippen LogP contribution in [0.4, 0.5) is 13.2 Å². The molecule has 0 radical (unpaired) electrons. The van der Waals surface area contributed by atoms with Crippen molar-refractivity contribution in [3.63, 3.8) is 0 Å². The number of halogens is 3. The number of nitrogens with zero attached hydrogens (tertiary/aromatic N) is 1. The van der Waals surface area contributed by atoms with Crippen molar-refractivity contribution in [1.82, 2.24) is 15.3 Å². The number of ether oxygens (including phenoxy) is 2. The molecular weight excluding hydrogens is 643 g/mol. The Morgan fingerprint density at radius 3 is 2.49 bits per heavy atom. The molecule has 0 bridgehead atoms. The highest BCUT2D eigenvalue weighted by molar-refractivity contribution is 6.03. The average molecular weight is 686 g/mol. The third-order valence-electron chi connectivity index (χ3n) is 8.79. The van der Waals surface area contributed by atoms with Crippen molar-refractivity contribution in [2.75, 3.05) is 13.7 Å². The van der Waals surface area contributed by atoms with Crippen molar-refractivity contribution in [2.45, 2.75) is 84.9 Å². The molecule has 1 fully saturated rings. The van der Waals surface area contributed by atoms with E-state index in [1.54, 1.807) is 24.3 Å². The fraction of sp³-hybridized carbons (Fsp3) is 0.500. The second-order valence-corrected chi connectivity index (χ2v) is 13.1. The fourth-order valence-electron chi connectivity index (χ4n) is 6.41. The van der Waals surface area contributed by atoms with E-state index in [1.165, 1.54) is 21.0 Å². The topological polar surface area (TPSA) is 145 Å². The summed E-state index contributed by atoms with van der Waals surface area (Å²) in [6.07, 6.45) is -2.54. The Morgan fingerprint density at radius 1 is 1.10 bits per heavy atom. The van der Waals surface area contributed by atoms with Gasteiger partial charge in [-0.2, -0.15) is 13.2 Å². The van der Waals surface area contributed by atoms with Crippen molar-refractivity contribution in [3.05, 3.63) is 58.5 Å². The minimum atomic E-state index is -4.88. The van der Waals surface area contributed by atoms with Gasteiger partial charge in [-0.1, -0.05) is 26.3 Å². The molecule has 1 saturated carbocycles. The van der Waals surface area contributed by atoms with Crippen LogP contribution in [0.2, 0.25) is 0 Å². The van der Waals surface area contributed by atoms with Gasteiger partial charge in [0.05, 0.1) is 35.7 Å². The molecule has 0 aliphatic heterocycles. The van der Waals surface area contributed by atoms with Crippen LogP contribution in [0.1, 0.15) is 96.6 Å². The summed E-state index contributed by atoms with van der Waals surface area (Å²) in [6.45, 7) is 5.43. The molecular formula is C36H42F3N3O7. The Bertz CT molecular complexity index is 1730. The van der Waals surface area contributed by atoms with Gasteiger partial charge in [0.1, 0.15) is 11.5 Å². The van der Waals surface area contributed by atoms with Crippen LogP contribution in [0.25, 0.3) is 10.9 Å². The number of aromatic nitrogens is 2. The van der Waals surface area contributed by atoms with E-state index in [-0.39, 0.29) is 47.4 Å². The summed E-state index contributed by atoms with van der Waals surface area (Å²) in [7, 11) is 1.52. The van der Waals surface area contributed by atoms with Gasteiger partial charge in [-0.15, -0.1) is 0 Å². The minimum Gasteiger partial charge on any atom is -0.496 e. The molecule has 1 amide bonds. The van der Waals surface area contributed by atoms with Crippen LogP contribution in [0, 0.1) is 31.6 Å². The van der Waals surface area contributed by atoms with Crippen LogP contribution in [0.15, 0.2) is 30.3 Å². The molecule has 2 aromatic heterocycles.